The number of hydrogen-bond acceptors (Lipinski definition) is 4. The third kappa shape index (κ3) is 2.36. The van der Waals surface area contributed by atoms with Crippen molar-refractivity contribution in [1.29, 1.82) is 0 Å². The van der Waals surface area contributed by atoms with E-state index >= 15 is 0 Å². The van der Waals surface area contributed by atoms with Gasteiger partial charge in [0.15, 0.2) is 0 Å². The van der Waals surface area contributed by atoms with Gasteiger partial charge < -0.3 is 19.7 Å². The van der Waals surface area contributed by atoms with Gasteiger partial charge in [-0.3, -0.25) is 0 Å². The molecule has 0 unspecified atom stereocenters. The highest BCUT2D eigenvalue weighted by Crippen LogP contribution is 2.07. The van der Waals surface area contributed by atoms with E-state index in [9.17, 15) is 4.79 Å². The van der Waals surface area contributed by atoms with Crippen molar-refractivity contribution in [1.82, 2.24) is 10.2 Å². The van der Waals surface area contributed by atoms with E-state index < -0.39 is 0 Å². The Kier molecular flexibility index (Phi) is 3.21. The van der Waals surface area contributed by atoms with E-state index in [-0.39, 0.29) is 12.2 Å². The molecule has 0 aromatic carbocycles. The van der Waals surface area contributed by atoms with Crippen LogP contribution in [0.25, 0.3) is 0 Å². The summed E-state index contributed by atoms with van der Waals surface area (Å²) in [6, 6.07) is 0. The largest absolute Gasteiger partial charge is 0.445 e. The van der Waals surface area contributed by atoms with Gasteiger partial charge in [-0.15, -0.1) is 0 Å². The number of nitrogens with zero attached hydrogens (tertiary/aromatic N) is 1. The number of morpholine rings is 1. The molecule has 1 atom stereocenters. The average molecular weight is 200 g/mol. The van der Waals surface area contributed by atoms with Gasteiger partial charge >= 0.3 is 6.09 Å². The molecule has 2 aliphatic heterocycles. The van der Waals surface area contributed by atoms with Gasteiger partial charge in [0.1, 0.15) is 6.10 Å². The van der Waals surface area contributed by atoms with Crippen molar-refractivity contribution in [3.8, 4) is 0 Å². The fourth-order valence-electron chi connectivity index (χ4n) is 1.69. The normalized spacial score (nSPS) is 27.7. The zero-order chi connectivity index (χ0) is 9.80. The van der Waals surface area contributed by atoms with Crippen molar-refractivity contribution in [2.24, 2.45) is 0 Å². The fourth-order valence-corrected chi connectivity index (χ4v) is 1.69. The van der Waals surface area contributed by atoms with Gasteiger partial charge in [-0.1, -0.05) is 0 Å². The summed E-state index contributed by atoms with van der Waals surface area (Å²) in [6.07, 6.45) is 0.795. The molecule has 2 rings (SSSR count). The average Bonchev–Trinajstić information content (AvgIpc) is 2.72. The van der Waals surface area contributed by atoms with Gasteiger partial charge in [0.2, 0.25) is 0 Å². The van der Waals surface area contributed by atoms with Crippen LogP contribution < -0.4 is 5.32 Å². The number of carbonyl (C=O) groups is 1. The second-order valence-electron chi connectivity index (χ2n) is 3.60. The molecule has 0 aromatic heterocycles. The Morgan fingerprint density at radius 1 is 1.43 bits per heavy atom. The highest BCUT2D eigenvalue weighted by molar-refractivity contribution is 5.67. The van der Waals surface area contributed by atoms with Crippen molar-refractivity contribution in [2.75, 3.05) is 39.4 Å². The van der Waals surface area contributed by atoms with Crippen molar-refractivity contribution in [2.45, 2.75) is 12.5 Å². The molecule has 0 radical (unpaired) electrons. The molecule has 0 saturated carbocycles. The van der Waals surface area contributed by atoms with Gasteiger partial charge in [0, 0.05) is 19.6 Å². The van der Waals surface area contributed by atoms with Crippen molar-refractivity contribution in [3.05, 3.63) is 0 Å². The first kappa shape index (κ1) is 9.73. The molecular weight excluding hydrogens is 184 g/mol. The van der Waals surface area contributed by atoms with Crippen LogP contribution in [0.2, 0.25) is 0 Å². The van der Waals surface area contributed by atoms with E-state index in [0.717, 1.165) is 19.5 Å². The number of carbonyl (C=O) groups excluding carboxylic acids is 1. The Labute approximate surface area is 83.3 Å². The maximum Gasteiger partial charge on any atom is 0.410 e. The first-order valence-electron chi connectivity index (χ1n) is 5.10. The second-order valence-corrected chi connectivity index (χ2v) is 3.60. The van der Waals surface area contributed by atoms with Gasteiger partial charge in [0.25, 0.3) is 0 Å². The van der Waals surface area contributed by atoms with Crippen LogP contribution in [0, 0.1) is 0 Å². The topological polar surface area (TPSA) is 50.8 Å². The molecular formula is C9H16N2O3. The van der Waals surface area contributed by atoms with Crippen LogP contribution in [0.4, 0.5) is 4.79 Å². The highest BCUT2D eigenvalue weighted by atomic mass is 16.6. The molecule has 0 spiro atoms. The molecule has 2 aliphatic rings. The zero-order valence-electron chi connectivity index (χ0n) is 8.20. The number of hydrogen-bond donors (Lipinski definition) is 1. The fraction of sp³-hybridized carbons (Fsp3) is 0.889. The highest BCUT2D eigenvalue weighted by Gasteiger charge is 2.23. The van der Waals surface area contributed by atoms with Gasteiger partial charge in [0.05, 0.1) is 13.2 Å². The molecule has 0 aliphatic carbocycles. The summed E-state index contributed by atoms with van der Waals surface area (Å²) in [5.41, 5.74) is 0. The lowest BCUT2D eigenvalue weighted by Gasteiger charge is -2.27. The number of nitrogens with one attached hydrogen (secondary N) is 1. The van der Waals surface area contributed by atoms with Crippen molar-refractivity contribution < 1.29 is 14.3 Å². The molecule has 0 bridgehead atoms. The third-order valence-electron chi connectivity index (χ3n) is 2.55. The molecule has 1 amide bonds. The lowest BCUT2D eigenvalue weighted by atomic mass is 10.3. The minimum atomic E-state index is -0.193. The van der Waals surface area contributed by atoms with E-state index in [0.29, 0.717) is 26.3 Å². The van der Waals surface area contributed by atoms with Gasteiger partial charge in [-0.05, 0) is 13.0 Å². The van der Waals surface area contributed by atoms with Crippen LogP contribution in [0.5, 0.6) is 0 Å². The Bertz CT molecular complexity index is 198. The Hall–Kier alpha value is -0.810. The van der Waals surface area contributed by atoms with Crippen molar-refractivity contribution in [3.63, 3.8) is 0 Å². The van der Waals surface area contributed by atoms with Crippen LogP contribution in [-0.4, -0.2) is 56.5 Å². The lowest BCUT2D eigenvalue weighted by molar-refractivity contribution is 0.0157. The SMILES string of the molecule is O=C(O[C@@H]1CCNC1)N1CCOCC1. The Morgan fingerprint density at radius 2 is 2.21 bits per heavy atom. The molecule has 5 heteroatoms. The standard InChI is InChI=1S/C9H16N2O3/c12-9(11-3-5-13-6-4-11)14-8-1-2-10-7-8/h8,10H,1-7H2/t8-/m1/s1. The first-order valence-corrected chi connectivity index (χ1v) is 5.10. The van der Waals surface area contributed by atoms with E-state index in [4.69, 9.17) is 9.47 Å². The molecule has 14 heavy (non-hydrogen) atoms. The minimum Gasteiger partial charge on any atom is -0.445 e. The molecule has 2 heterocycles. The molecule has 80 valence electrons. The summed E-state index contributed by atoms with van der Waals surface area (Å²) in [6.45, 7) is 4.28. The van der Waals surface area contributed by atoms with Crippen LogP contribution in [0.15, 0.2) is 0 Å². The summed E-state index contributed by atoms with van der Waals surface area (Å²) >= 11 is 0. The molecule has 2 saturated heterocycles. The molecule has 5 nitrogen and oxygen atoms in total. The van der Waals surface area contributed by atoms with Crippen LogP contribution in [0.1, 0.15) is 6.42 Å². The van der Waals surface area contributed by atoms with Crippen LogP contribution >= 0.6 is 0 Å². The number of rotatable bonds is 1. The number of ether oxygens (including phenoxy) is 2. The third-order valence-corrected chi connectivity index (χ3v) is 2.55. The monoisotopic (exact) mass is 200 g/mol. The summed E-state index contributed by atoms with van der Waals surface area (Å²) in [7, 11) is 0. The smallest absolute Gasteiger partial charge is 0.410 e. The number of amides is 1. The van der Waals surface area contributed by atoms with Crippen molar-refractivity contribution >= 4 is 6.09 Å². The van der Waals surface area contributed by atoms with E-state index in [1.54, 1.807) is 4.90 Å². The summed E-state index contributed by atoms with van der Waals surface area (Å²) in [5.74, 6) is 0. The van der Waals surface area contributed by atoms with Gasteiger partial charge in [-0.2, -0.15) is 0 Å². The zero-order valence-corrected chi connectivity index (χ0v) is 8.20. The summed E-state index contributed by atoms with van der Waals surface area (Å²) in [5, 5.41) is 3.16. The Balaban J connectivity index is 1.75. The van der Waals surface area contributed by atoms with Crippen LogP contribution in [0.3, 0.4) is 0 Å². The molecule has 2 fully saturated rings. The maximum absolute atomic E-state index is 11.6. The minimum absolute atomic E-state index is 0.0605. The molecule has 1 N–H and O–H groups in total. The van der Waals surface area contributed by atoms with E-state index in [1.807, 2.05) is 0 Å². The van der Waals surface area contributed by atoms with E-state index in [1.165, 1.54) is 0 Å². The maximum atomic E-state index is 11.6. The predicted molar refractivity (Wildman–Crippen MR) is 50.1 cm³/mol. The van der Waals surface area contributed by atoms with E-state index in [2.05, 4.69) is 5.32 Å². The predicted octanol–water partition coefficient (Wildman–Crippen LogP) is -0.183. The Morgan fingerprint density at radius 3 is 2.86 bits per heavy atom. The first-order chi connectivity index (χ1) is 6.86. The molecule has 0 aromatic rings. The van der Waals surface area contributed by atoms with Gasteiger partial charge in [-0.25, -0.2) is 4.79 Å². The van der Waals surface area contributed by atoms with Crippen LogP contribution in [-0.2, 0) is 9.47 Å². The summed E-state index contributed by atoms with van der Waals surface area (Å²) in [4.78, 5) is 13.3. The quantitative estimate of drug-likeness (QED) is 0.638. The lowest BCUT2D eigenvalue weighted by Crippen LogP contribution is -2.42. The summed E-state index contributed by atoms with van der Waals surface area (Å²) < 4.78 is 10.5. The second kappa shape index (κ2) is 4.61.